The van der Waals surface area contributed by atoms with E-state index in [0.717, 1.165) is 18.7 Å². The smallest absolute Gasteiger partial charge is 0.259 e. The molecule has 4 rings (SSSR count). The summed E-state index contributed by atoms with van der Waals surface area (Å²) in [6.07, 6.45) is 2.38. The number of nitrogen functional groups attached to an aromatic ring is 1. The van der Waals surface area contributed by atoms with Gasteiger partial charge in [-0.3, -0.25) is 0 Å². The highest BCUT2D eigenvalue weighted by atomic mass is 16.5. The molecule has 0 aliphatic carbocycles. The average Bonchev–Trinajstić information content (AvgIpc) is 3.39. The molecule has 29 heavy (non-hydrogen) atoms. The molecule has 10 heteroatoms. The van der Waals surface area contributed by atoms with Gasteiger partial charge in [0.05, 0.1) is 12.9 Å². The van der Waals surface area contributed by atoms with Crippen LogP contribution in [0.1, 0.15) is 5.56 Å². The van der Waals surface area contributed by atoms with Gasteiger partial charge in [0, 0.05) is 25.9 Å². The molecule has 0 fully saturated rings. The Morgan fingerprint density at radius 2 is 1.93 bits per heavy atom. The van der Waals surface area contributed by atoms with Crippen molar-refractivity contribution in [2.45, 2.75) is 6.42 Å². The molecule has 0 saturated carbocycles. The minimum Gasteiger partial charge on any atom is -0.461 e. The van der Waals surface area contributed by atoms with Crippen molar-refractivity contribution in [2.24, 2.45) is 0 Å². The van der Waals surface area contributed by atoms with Crippen LogP contribution in [0.3, 0.4) is 0 Å². The molecule has 0 bridgehead atoms. The molecule has 0 radical (unpaired) electrons. The maximum absolute atomic E-state index is 6.00. The summed E-state index contributed by atoms with van der Waals surface area (Å²) in [5, 5.41) is 10.8. The second-order valence-electron chi connectivity index (χ2n) is 6.32. The Morgan fingerprint density at radius 1 is 1.07 bits per heavy atom. The topological polar surface area (TPSA) is 128 Å². The highest BCUT2D eigenvalue weighted by Crippen LogP contribution is 2.17. The van der Waals surface area contributed by atoms with E-state index in [-0.39, 0.29) is 5.95 Å². The molecule has 3 heterocycles. The van der Waals surface area contributed by atoms with Crippen LogP contribution < -0.4 is 16.4 Å². The van der Waals surface area contributed by atoms with E-state index in [9.17, 15) is 0 Å². The predicted octanol–water partition coefficient (Wildman–Crippen LogP) is 2.07. The maximum atomic E-state index is 6.00. The van der Waals surface area contributed by atoms with E-state index in [1.54, 1.807) is 25.5 Å². The van der Waals surface area contributed by atoms with Crippen LogP contribution in [0.4, 0.5) is 17.6 Å². The predicted molar refractivity (Wildman–Crippen MR) is 110 cm³/mol. The van der Waals surface area contributed by atoms with Gasteiger partial charge in [-0.2, -0.15) is 19.5 Å². The van der Waals surface area contributed by atoms with Gasteiger partial charge in [-0.25, -0.2) is 0 Å². The Balaban J connectivity index is 1.37. The number of nitrogens with zero attached hydrogens (tertiary/aromatic N) is 5. The van der Waals surface area contributed by atoms with E-state index in [1.165, 1.54) is 10.1 Å². The quantitative estimate of drug-likeness (QED) is 0.365. The second kappa shape index (κ2) is 8.57. The molecule has 1 aromatic carbocycles. The van der Waals surface area contributed by atoms with Crippen LogP contribution in [-0.4, -0.2) is 51.4 Å². The van der Waals surface area contributed by atoms with E-state index < -0.39 is 0 Å². The molecule has 3 aromatic heterocycles. The molecule has 150 valence electrons. The van der Waals surface area contributed by atoms with Crippen molar-refractivity contribution in [2.75, 3.05) is 43.2 Å². The van der Waals surface area contributed by atoms with Crippen LogP contribution in [0, 0.1) is 0 Å². The zero-order chi connectivity index (χ0) is 20.1. The third-order valence-corrected chi connectivity index (χ3v) is 4.26. The van der Waals surface area contributed by atoms with Gasteiger partial charge in [0.15, 0.2) is 5.76 Å². The van der Waals surface area contributed by atoms with Gasteiger partial charge in [-0.15, -0.1) is 5.10 Å². The van der Waals surface area contributed by atoms with Crippen molar-refractivity contribution < 1.29 is 9.15 Å². The highest BCUT2D eigenvalue weighted by molar-refractivity contribution is 5.52. The summed E-state index contributed by atoms with van der Waals surface area (Å²) < 4.78 is 11.7. The molecule has 0 atom stereocenters. The lowest BCUT2D eigenvalue weighted by atomic mass is 10.1. The summed E-state index contributed by atoms with van der Waals surface area (Å²) in [6.45, 7) is 2.11. The first-order chi connectivity index (χ1) is 14.2. The van der Waals surface area contributed by atoms with Gasteiger partial charge in [-0.1, -0.05) is 12.1 Å². The molecule has 0 saturated heterocycles. The average molecular weight is 394 g/mol. The Morgan fingerprint density at radius 3 is 2.69 bits per heavy atom. The van der Waals surface area contributed by atoms with E-state index in [2.05, 4.69) is 54.9 Å². The van der Waals surface area contributed by atoms with Gasteiger partial charge in [-0.05, 0) is 36.2 Å². The van der Waals surface area contributed by atoms with E-state index >= 15 is 0 Å². The fourth-order valence-corrected chi connectivity index (χ4v) is 2.80. The number of hydrogen-bond donors (Lipinski definition) is 3. The lowest BCUT2D eigenvalue weighted by Crippen LogP contribution is -2.12. The fraction of sp³-hybridized carbons (Fsp3) is 0.263. The van der Waals surface area contributed by atoms with Crippen molar-refractivity contribution in [1.82, 2.24) is 24.6 Å². The second-order valence-corrected chi connectivity index (χ2v) is 6.32. The van der Waals surface area contributed by atoms with Crippen molar-refractivity contribution in [3.05, 3.63) is 48.2 Å². The SMILES string of the molecule is COCCNc1ccc(CCNc2nc(N)n3nc(-c4ccco4)nc3n2)cc1. The van der Waals surface area contributed by atoms with Crippen LogP contribution >= 0.6 is 0 Å². The Kier molecular flexibility index (Phi) is 5.52. The number of furan rings is 1. The summed E-state index contributed by atoms with van der Waals surface area (Å²) in [4.78, 5) is 13.0. The first kappa shape index (κ1) is 18.7. The normalized spacial score (nSPS) is 11.1. The summed E-state index contributed by atoms with van der Waals surface area (Å²) in [6, 6.07) is 11.8. The van der Waals surface area contributed by atoms with Gasteiger partial charge < -0.3 is 25.5 Å². The summed E-state index contributed by atoms with van der Waals surface area (Å²) >= 11 is 0. The highest BCUT2D eigenvalue weighted by Gasteiger charge is 2.13. The van der Waals surface area contributed by atoms with E-state index in [4.69, 9.17) is 14.9 Å². The first-order valence-electron chi connectivity index (χ1n) is 9.23. The molecule has 0 spiro atoms. The number of rotatable bonds is 9. The number of fused-ring (bicyclic) bond motifs is 1. The van der Waals surface area contributed by atoms with Gasteiger partial charge in [0.2, 0.25) is 17.7 Å². The number of nitrogens with one attached hydrogen (secondary N) is 2. The van der Waals surface area contributed by atoms with E-state index in [0.29, 0.717) is 36.5 Å². The summed E-state index contributed by atoms with van der Waals surface area (Å²) in [5.41, 5.74) is 8.27. The minimum atomic E-state index is 0.203. The molecule has 0 unspecified atom stereocenters. The largest absolute Gasteiger partial charge is 0.461 e. The zero-order valence-electron chi connectivity index (χ0n) is 16.0. The molecule has 4 N–H and O–H groups in total. The van der Waals surface area contributed by atoms with Crippen LogP contribution in [0.2, 0.25) is 0 Å². The van der Waals surface area contributed by atoms with Crippen molar-refractivity contribution in [3.63, 3.8) is 0 Å². The van der Waals surface area contributed by atoms with Gasteiger partial charge >= 0.3 is 0 Å². The number of benzene rings is 1. The molecular weight excluding hydrogens is 372 g/mol. The molecule has 0 aliphatic rings. The lowest BCUT2D eigenvalue weighted by molar-refractivity contribution is 0.211. The Hall–Kier alpha value is -3.66. The van der Waals surface area contributed by atoms with Crippen molar-refractivity contribution >= 4 is 23.4 Å². The first-order valence-corrected chi connectivity index (χ1v) is 9.23. The Labute approximate surface area is 167 Å². The van der Waals surface area contributed by atoms with Crippen molar-refractivity contribution in [1.29, 1.82) is 0 Å². The lowest BCUT2D eigenvalue weighted by Gasteiger charge is -2.08. The maximum Gasteiger partial charge on any atom is 0.259 e. The van der Waals surface area contributed by atoms with Crippen molar-refractivity contribution in [3.8, 4) is 11.6 Å². The number of anilines is 3. The van der Waals surface area contributed by atoms with Crippen LogP contribution in [0.25, 0.3) is 17.4 Å². The van der Waals surface area contributed by atoms with Crippen LogP contribution in [0.5, 0.6) is 0 Å². The molecule has 0 aliphatic heterocycles. The Bertz CT molecular complexity index is 1060. The summed E-state index contributed by atoms with van der Waals surface area (Å²) in [7, 11) is 1.69. The molecule has 10 nitrogen and oxygen atoms in total. The van der Waals surface area contributed by atoms with Crippen LogP contribution in [0.15, 0.2) is 47.1 Å². The monoisotopic (exact) mass is 394 g/mol. The molecule has 4 aromatic rings. The van der Waals surface area contributed by atoms with Gasteiger partial charge in [0.1, 0.15) is 0 Å². The number of methoxy groups -OCH3 is 1. The molecular formula is C19H22N8O2. The summed E-state index contributed by atoms with van der Waals surface area (Å²) in [5.74, 6) is 1.93. The number of aromatic nitrogens is 5. The van der Waals surface area contributed by atoms with Gasteiger partial charge in [0.25, 0.3) is 5.78 Å². The standard InChI is InChI=1S/C19H22N8O2/c1-28-12-10-21-14-6-4-13(5-7-14)8-9-22-18-24-17(20)27-19(25-18)23-16(26-27)15-3-2-11-29-15/h2-7,11,21H,8-10,12H2,1H3,(H3,20,22,23,24,25,26). The number of nitrogens with two attached hydrogens (primary N) is 1. The third kappa shape index (κ3) is 4.43. The number of hydrogen-bond acceptors (Lipinski definition) is 9. The van der Waals surface area contributed by atoms with E-state index in [1.807, 2.05) is 0 Å². The van der Waals surface area contributed by atoms with Crippen LogP contribution in [-0.2, 0) is 11.2 Å². The zero-order valence-corrected chi connectivity index (χ0v) is 16.0. The molecule has 0 amide bonds. The fourth-order valence-electron chi connectivity index (χ4n) is 2.80. The minimum absolute atomic E-state index is 0.203. The third-order valence-electron chi connectivity index (χ3n) is 4.26. The number of ether oxygens (including phenoxy) is 1.